The van der Waals surface area contributed by atoms with E-state index >= 15 is 0 Å². The zero-order valence-corrected chi connectivity index (χ0v) is 12.7. The van der Waals surface area contributed by atoms with E-state index in [9.17, 15) is 4.39 Å². The van der Waals surface area contributed by atoms with Gasteiger partial charge in [0, 0.05) is 19.5 Å². The second-order valence-corrected chi connectivity index (χ2v) is 5.44. The molecule has 1 aromatic heterocycles. The molecule has 0 aliphatic rings. The zero-order valence-electron chi connectivity index (χ0n) is 12.0. The Morgan fingerprint density at radius 1 is 1.40 bits per heavy atom. The molecule has 0 fully saturated rings. The molecule has 0 aliphatic heterocycles. The van der Waals surface area contributed by atoms with Crippen LogP contribution in [0.15, 0.2) is 18.2 Å². The van der Waals surface area contributed by atoms with Gasteiger partial charge in [-0.05, 0) is 36.6 Å². The third-order valence-corrected chi connectivity index (χ3v) is 3.85. The van der Waals surface area contributed by atoms with Gasteiger partial charge >= 0.3 is 0 Å². The molecule has 20 heavy (non-hydrogen) atoms. The lowest BCUT2D eigenvalue weighted by Gasteiger charge is -2.13. The van der Waals surface area contributed by atoms with Gasteiger partial charge in [-0.2, -0.15) is 5.10 Å². The first-order valence-corrected chi connectivity index (χ1v) is 7.03. The van der Waals surface area contributed by atoms with Gasteiger partial charge in [-0.15, -0.1) is 0 Å². The van der Waals surface area contributed by atoms with Crippen LogP contribution in [-0.2, 0) is 19.9 Å². The van der Waals surface area contributed by atoms with E-state index in [1.165, 1.54) is 12.1 Å². The number of hydrogen-bond acceptors (Lipinski definition) is 2. The highest BCUT2D eigenvalue weighted by atomic mass is 35.5. The number of nitrogens with zero attached hydrogens (tertiary/aromatic N) is 2. The molecule has 0 saturated carbocycles. The highest BCUT2D eigenvalue weighted by Crippen LogP contribution is 2.26. The Bertz CT molecular complexity index is 602. The van der Waals surface area contributed by atoms with Gasteiger partial charge in [0.25, 0.3) is 0 Å². The standard InChI is InChI=1S/C15H19ClFN3/c1-4-13-15(16)14(20(3)19-13)8-12(18)10-5-9(2)6-11(17)7-10/h5-7,12H,4,8,18H2,1-3H3. The van der Waals surface area contributed by atoms with Crippen molar-refractivity contribution in [3.63, 3.8) is 0 Å². The molecule has 1 atom stereocenters. The summed E-state index contributed by atoms with van der Waals surface area (Å²) in [5.74, 6) is -0.263. The molecule has 1 unspecified atom stereocenters. The van der Waals surface area contributed by atoms with Crippen molar-refractivity contribution in [2.24, 2.45) is 12.8 Å². The van der Waals surface area contributed by atoms with E-state index in [-0.39, 0.29) is 11.9 Å². The lowest BCUT2D eigenvalue weighted by Crippen LogP contribution is -2.16. The minimum Gasteiger partial charge on any atom is -0.324 e. The van der Waals surface area contributed by atoms with Crippen molar-refractivity contribution in [3.8, 4) is 0 Å². The van der Waals surface area contributed by atoms with Crippen molar-refractivity contribution in [2.75, 3.05) is 0 Å². The highest BCUT2D eigenvalue weighted by Gasteiger charge is 2.17. The zero-order chi connectivity index (χ0) is 14.9. The van der Waals surface area contributed by atoms with Crippen LogP contribution in [0.5, 0.6) is 0 Å². The Hall–Kier alpha value is -1.39. The van der Waals surface area contributed by atoms with Gasteiger partial charge in [-0.3, -0.25) is 4.68 Å². The molecule has 0 radical (unpaired) electrons. The van der Waals surface area contributed by atoms with Crippen molar-refractivity contribution in [1.82, 2.24) is 9.78 Å². The molecular formula is C15H19ClFN3. The number of hydrogen-bond donors (Lipinski definition) is 1. The second-order valence-electron chi connectivity index (χ2n) is 5.06. The lowest BCUT2D eigenvalue weighted by molar-refractivity contribution is 0.608. The maximum atomic E-state index is 13.4. The van der Waals surface area contributed by atoms with Crippen molar-refractivity contribution >= 4 is 11.6 Å². The first kappa shape index (κ1) is 15.0. The summed E-state index contributed by atoms with van der Waals surface area (Å²) in [7, 11) is 1.85. The van der Waals surface area contributed by atoms with Crippen LogP contribution >= 0.6 is 11.6 Å². The third-order valence-electron chi connectivity index (χ3n) is 3.41. The van der Waals surface area contributed by atoms with E-state index in [0.29, 0.717) is 11.4 Å². The van der Waals surface area contributed by atoms with E-state index in [1.54, 1.807) is 4.68 Å². The van der Waals surface area contributed by atoms with Gasteiger partial charge in [0.1, 0.15) is 5.82 Å². The average Bonchev–Trinajstić information content (AvgIpc) is 2.65. The molecule has 2 N–H and O–H groups in total. The Morgan fingerprint density at radius 3 is 2.65 bits per heavy atom. The second kappa shape index (κ2) is 5.94. The molecule has 0 spiro atoms. The first-order chi connectivity index (χ1) is 9.42. The molecule has 108 valence electrons. The molecule has 0 amide bonds. The van der Waals surface area contributed by atoms with Crippen LogP contribution in [0.25, 0.3) is 0 Å². The van der Waals surface area contributed by atoms with E-state index in [4.69, 9.17) is 17.3 Å². The maximum absolute atomic E-state index is 13.4. The maximum Gasteiger partial charge on any atom is 0.123 e. The van der Waals surface area contributed by atoms with Crippen LogP contribution in [0.3, 0.4) is 0 Å². The summed E-state index contributed by atoms with van der Waals surface area (Å²) >= 11 is 6.31. The van der Waals surface area contributed by atoms with Crippen LogP contribution < -0.4 is 5.73 Å². The third kappa shape index (κ3) is 3.02. The van der Waals surface area contributed by atoms with Gasteiger partial charge in [0.05, 0.1) is 16.4 Å². The fourth-order valence-electron chi connectivity index (χ4n) is 2.35. The van der Waals surface area contributed by atoms with Gasteiger partial charge in [0.2, 0.25) is 0 Å². The van der Waals surface area contributed by atoms with Gasteiger partial charge in [-0.25, -0.2) is 4.39 Å². The van der Waals surface area contributed by atoms with Gasteiger partial charge in [0.15, 0.2) is 0 Å². The fraction of sp³-hybridized carbons (Fsp3) is 0.400. The number of nitrogens with two attached hydrogens (primary N) is 1. The van der Waals surface area contributed by atoms with Crippen molar-refractivity contribution in [1.29, 1.82) is 0 Å². The SMILES string of the molecule is CCc1nn(C)c(CC(N)c2cc(C)cc(F)c2)c1Cl. The van der Waals surface area contributed by atoms with Crippen molar-refractivity contribution in [2.45, 2.75) is 32.7 Å². The van der Waals surface area contributed by atoms with Gasteiger partial charge in [-0.1, -0.05) is 24.6 Å². The summed E-state index contributed by atoms with van der Waals surface area (Å²) in [6.45, 7) is 3.86. The minimum atomic E-state index is -0.304. The van der Waals surface area contributed by atoms with E-state index in [1.807, 2.05) is 27.0 Å². The van der Waals surface area contributed by atoms with Crippen molar-refractivity contribution < 1.29 is 4.39 Å². The van der Waals surface area contributed by atoms with Crippen LogP contribution in [-0.4, -0.2) is 9.78 Å². The average molecular weight is 296 g/mol. The normalized spacial score (nSPS) is 12.7. The Balaban J connectivity index is 2.27. The summed E-state index contributed by atoms with van der Waals surface area (Å²) in [6, 6.07) is 4.56. The number of halogens is 2. The monoisotopic (exact) mass is 295 g/mol. The molecule has 1 heterocycles. The molecule has 3 nitrogen and oxygen atoms in total. The number of rotatable bonds is 4. The smallest absolute Gasteiger partial charge is 0.123 e. The van der Waals surface area contributed by atoms with Crippen LogP contribution in [0.2, 0.25) is 5.02 Å². The molecule has 0 aliphatic carbocycles. The summed E-state index contributed by atoms with van der Waals surface area (Å²) in [5, 5.41) is 5.03. The lowest BCUT2D eigenvalue weighted by atomic mass is 10.0. The molecular weight excluding hydrogens is 277 g/mol. The quantitative estimate of drug-likeness (QED) is 0.940. The predicted molar refractivity (Wildman–Crippen MR) is 79.4 cm³/mol. The number of aromatic nitrogens is 2. The van der Waals surface area contributed by atoms with Crippen LogP contribution in [0.4, 0.5) is 4.39 Å². The summed E-state index contributed by atoms with van der Waals surface area (Å²) in [6.07, 6.45) is 1.31. The predicted octanol–water partition coefficient (Wildman–Crippen LogP) is 3.33. The summed E-state index contributed by atoms with van der Waals surface area (Å²) in [5.41, 5.74) is 9.58. The fourth-order valence-corrected chi connectivity index (χ4v) is 2.72. The minimum absolute atomic E-state index is 0.263. The summed E-state index contributed by atoms with van der Waals surface area (Å²) < 4.78 is 15.2. The molecule has 0 saturated heterocycles. The molecule has 5 heteroatoms. The molecule has 0 bridgehead atoms. The highest BCUT2D eigenvalue weighted by molar-refractivity contribution is 6.31. The first-order valence-electron chi connectivity index (χ1n) is 6.65. The Morgan fingerprint density at radius 2 is 2.10 bits per heavy atom. The van der Waals surface area contributed by atoms with Crippen LogP contribution in [0.1, 0.15) is 35.5 Å². The topological polar surface area (TPSA) is 43.8 Å². The van der Waals surface area contributed by atoms with Crippen molar-refractivity contribution in [3.05, 3.63) is 51.6 Å². The number of benzene rings is 1. The molecule has 2 aromatic rings. The Labute approximate surface area is 123 Å². The van der Waals surface area contributed by atoms with Gasteiger partial charge < -0.3 is 5.73 Å². The summed E-state index contributed by atoms with van der Waals surface area (Å²) in [4.78, 5) is 0. The largest absolute Gasteiger partial charge is 0.324 e. The Kier molecular flexibility index (Phi) is 4.45. The molecule has 2 rings (SSSR count). The van der Waals surface area contributed by atoms with Crippen LogP contribution in [0, 0.1) is 12.7 Å². The molecule has 1 aromatic carbocycles. The van der Waals surface area contributed by atoms with E-state index in [2.05, 4.69) is 5.10 Å². The number of aryl methyl sites for hydroxylation is 3. The van der Waals surface area contributed by atoms with E-state index in [0.717, 1.165) is 28.9 Å². The van der Waals surface area contributed by atoms with E-state index < -0.39 is 0 Å².